The fourth-order valence-electron chi connectivity index (χ4n) is 2.32. The molecule has 1 aromatic rings. The van der Waals surface area contributed by atoms with E-state index >= 15 is 0 Å². The lowest BCUT2D eigenvalue weighted by molar-refractivity contribution is 0.281. The van der Waals surface area contributed by atoms with Gasteiger partial charge < -0.3 is 5.11 Å². The molecule has 118 valence electrons. The summed E-state index contributed by atoms with van der Waals surface area (Å²) in [6.07, 6.45) is 0.294. The molecule has 0 bridgehead atoms. The SMILES string of the molecule is O=S1(=O)CCC(S(=O)(=O)NCc2cccc(CO)c2)CC1. The van der Waals surface area contributed by atoms with E-state index in [0.717, 1.165) is 11.1 Å². The number of aliphatic hydroxyl groups is 1. The molecule has 1 heterocycles. The van der Waals surface area contributed by atoms with Crippen LogP contribution in [0.3, 0.4) is 0 Å². The molecule has 0 radical (unpaired) electrons. The zero-order chi connectivity index (χ0) is 15.5. The van der Waals surface area contributed by atoms with Crippen LogP contribution in [0.5, 0.6) is 0 Å². The first-order valence-electron chi connectivity index (χ1n) is 6.70. The maximum atomic E-state index is 12.2. The van der Waals surface area contributed by atoms with Gasteiger partial charge in [-0.3, -0.25) is 0 Å². The van der Waals surface area contributed by atoms with Crippen LogP contribution >= 0.6 is 0 Å². The summed E-state index contributed by atoms with van der Waals surface area (Å²) in [5.74, 6) is -0.142. The van der Waals surface area contributed by atoms with E-state index in [1.807, 2.05) is 0 Å². The van der Waals surface area contributed by atoms with Gasteiger partial charge in [-0.2, -0.15) is 0 Å². The first-order valence-corrected chi connectivity index (χ1v) is 10.1. The van der Waals surface area contributed by atoms with Gasteiger partial charge in [0.1, 0.15) is 9.84 Å². The molecular formula is C13H19NO5S2. The van der Waals surface area contributed by atoms with Crippen LogP contribution in [-0.2, 0) is 33.0 Å². The van der Waals surface area contributed by atoms with E-state index in [2.05, 4.69) is 4.72 Å². The summed E-state index contributed by atoms with van der Waals surface area (Å²) in [6.45, 7) is 0.0422. The van der Waals surface area contributed by atoms with Crippen molar-refractivity contribution in [1.29, 1.82) is 0 Å². The molecule has 0 aromatic heterocycles. The maximum Gasteiger partial charge on any atom is 0.214 e. The average Bonchev–Trinajstić information content (AvgIpc) is 2.45. The van der Waals surface area contributed by atoms with Gasteiger partial charge in [-0.05, 0) is 24.0 Å². The number of hydrogen-bond donors (Lipinski definition) is 2. The third-order valence-electron chi connectivity index (χ3n) is 3.59. The van der Waals surface area contributed by atoms with Crippen molar-refractivity contribution < 1.29 is 21.9 Å². The minimum atomic E-state index is -3.53. The lowest BCUT2D eigenvalue weighted by Gasteiger charge is -2.22. The number of nitrogens with one attached hydrogen (secondary N) is 1. The van der Waals surface area contributed by atoms with Gasteiger partial charge in [0.2, 0.25) is 10.0 Å². The van der Waals surface area contributed by atoms with Crippen molar-refractivity contribution in [3.05, 3.63) is 35.4 Å². The Hall–Kier alpha value is -0.960. The first kappa shape index (κ1) is 16.4. The highest BCUT2D eigenvalue weighted by Gasteiger charge is 2.32. The second kappa shape index (κ2) is 6.43. The standard InChI is InChI=1S/C13H19NO5S2/c15-10-12-3-1-2-11(8-12)9-14-21(18,19)13-4-6-20(16,17)7-5-13/h1-3,8,13-15H,4-7,9-10H2. The molecule has 1 fully saturated rings. The largest absolute Gasteiger partial charge is 0.392 e. The van der Waals surface area contributed by atoms with Crippen LogP contribution in [0.25, 0.3) is 0 Å². The summed E-state index contributed by atoms with van der Waals surface area (Å²) < 4.78 is 49.5. The molecule has 1 saturated heterocycles. The molecule has 0 saturated carbocycles. The minimum absolute atomic E-state index is 0.0709. The summed E-state index contributed by atoms with van der Waals surface area (Å²) in [6, 6.07) is 7.01. The molecule has 0 amide bonds. The highest BCUT2D eigenvalue weighted by Crippen LogP contribution is 2.19. The minimum Gasteiger partial charge on any atom is -0.392 e. The number of aliphatic hydroxyl groups excluding tert-OH is 1. The van der Waals surface area contributed by atoms with Gasteiger partial charge in [-0.1, -0.05) is 24.3 Å². The van der Waals surface area contributed by atoms with E-state index in [1.54, 1.807) is 24.3 Å². The van der Waals surface area contributed by atoms with E-state index in [0.29, 0.717) is 0 Å². The quantitative estimate of drug-likeness (QED) is 0.800. The number of sulfone groups is 1. The van der Waals surface area contributed by atoms with Gasteiger partial charge >= 0.3 is 0 Å². The van der Waals surface area contributed by atoms with Crippen LogP contribution in [0.1, 0.15) is 24.0 Å². The van der Waals surface area contributed by atoms with Crippen LogP contribution in [0.2, 0.25) is 0 Å². The molecule has 0 atom stereocenters. The van der Waals surface area contributed by atoms with Gasteiger partial charge in [0.15, 0.2) is 0 Å². The molecule has 6 nitrogen and oxygen atoms in total. The third-order valence-corrected chi connectivity index (χ3v) is 7.20. The smallest absolute Gasteiger partial charge is 0.214 e. The molecule has 1 aliphatic rings. The molecule has 1 aliphatic heterocycles. The van der Waals surface area contributed by atoms with Crippen LogP contribution in [0.4, 0.5) is 0 Å². The van der Waals surface area contributed by atoms with Crippen molar-refractivity contribution in [2.45, 2.75) is 31.2 Å². The van der Waals surface area contributed by atoms with Crippen LogP contribution < -0.4 is 4.72 Å². The van der Waals surface area contributed by atoms with Crippen molar-refractivity contribution in [3.63, 3.8) is 0 Å². The van der Waals surface area contributed by atoms with E-state index in [9.17, 15) is 16.8 Å². The highest BCUT2D eigenvalue weighted by atomic mass is 32.2. The van der Waals surface area contributed by atoms with Gasteiger partial charge in [0.25, 0.3) is 0 Å². The summed E-state index contributed by atoms with van der Waals surface area (Å²) in [5, 5.41) is 8.40. The summed E-state index contributed by atoms with van der Waals surface area (Å²) in [4.78, 5) is 0. The van der Waals surface area contributed by atoms with Crippen molar-refractivity contribution in [2.75, 3.05) is 11.5 Å². The van der Waals surface area contributed by atoms with Crippen LogP contribution in [0.15, 0.2) is 24.3 Å². The number of rotatable bonds is 5. The molecule has 2 rings (SSSR count). The highest BCUT2D eigenvalue weighted by molar-refractivity contribution is 7.92. The van der Waals surface area contributed by atoms with Gasteiger partial charge in [-0.25, -0.2) is 21.6 Å². The van der Waals surface area contributed by atoms with E-state index in [4.69, 9.17) is 5.11 Å². The number of hydrogen-bond acceptors (Lipinski definition) is 5. The maximum absolute atomic E-state index is 12.2. The zero-order valence-electron chi connectivity index (χ0n) is 11.5. The average molecular weight is 333 g/mol. The Labute approximate surface area is 125 Å². The van der Waals surface area contributed by atoms with Crippen molar-refractivity contribution in [3.8, 4) is 0 Å². The van der Waals surface area contributed by atoms with E-state index in [-0.39, 0.29) is 37.5 Å². The topological polar surface area (TPSA) is 101 Å². The monoisotopic (exact) mass is 333 g/mol. The summed E-state index contributed by atoms with van der Waals surface area (Å²) in [5.41, 5.74) is 1.48. The second-order valence-electron chi connectivity index (χ2n) is 5.20. The molecule has 1 aromatic carbocycles. The fourth-order valence-corrected chi connectivity index (χ4v) is 5.57. The fraction of sp³-hybridized carbons (Fsp3) is 0.538. The van der Waals surface area contributed by atoms with Crippen LogP contribution in [-0.4, -0.2) is 38.7 Å². The molecule has 0 spiro atoms. The molecule has 2 N–H and O–H groups in total. The summed E-state index contributed by atoms with van der Waals surface area (Å²) in [7, 11) is -6.60. The van der Waals surface area contributed by atoms with Crippen LogP contribution in [0, 0.1) is 0 Å². The zero-order valence-corrected chi connectivity index (χ0v) is 13.2. The predicted octanol–water partition coefficient (Wildman–Crippen LogP) is 0.176. The van der Waals surface area contributed by atoms with E-state index < -0.39 is 25.1 Å². The van der Waals surface area contributed by atoms with Crippen molar-refractivity contribution >= 4 is 19.9 Å². The van der Waals surface area contributed by atoms with Gasteiger partial charge in [-0.15, -0.1) is 0 Å². The molecule has 21 heavy (non-hydrogen) atoms. The number of benzene rings is 1. The number of sulfonamides is 1. The Kier molecular flexibility index (Phi) is 5.03. The summed E-state index contributed by atoms with van der Waals surface area (Å²) >= 11 is 0. The van der Waals surface area contributed by atoms with Crippen molar-refractivity contribution in [2.24, 2.45) is 0 Å². The molecule has 0 unspecified atom stereocenters. The van der Waals surface area contributed by atoms with Crippen molar-refractivity contribution in [1.82, 2.24) is 4.72 Å². The Morgan fingerprint density at radius 2 is 1.81 bits per heavy atom. The Morgan fingerprint density at radius 1 is 1.19 bits per heavy atom. The Balaban J connectivity index is 1.98. The predicted molar refractivity (Wildman–Crippen MR) is 79.8 cm³/mol. The van der Waals surface area contributed by atoms with E-state index in [1.165, 1.54) is 0 Å². The van der Waals surface area contributed by atoms with Gasteiger partial charge in [0.05, 0.1) is 23.4 Å². The molecule has 8 heteroatoms. The third kappa shape index (κ3) is 4.50. The lowest BCUT2D eigenvalue weighted by Crippen LogP contribution is -2.39. The first-order chi connectivity index (χ1) is 9.82. The Bertz CT molecular complexity index is 683. The molecule has 0 aliphatic carbocycles. The Morgan fingerprint density at radius 3 is 2.43 bits per heavy atom. The second-order valence-corrected chi connectivity index (χ2v) is 9.54. The normalized spacial score (nSPS) is 19.5. The van der Waals surface area contributed by atoms with Gasteiger partial charge in [0, 0.05) is 6.54 Å². The molecular weight excluding hydrogens is 314 g/mol. The lowest BCUT2D eigenvalue weighted by atomic mass is 10.1.